The van der Waals surface area contributed by atoms with Gasteiger partial charge in [0.25, 0.3) is 0 Å². The monoisotopic (exact) mass is 1870 g/mol. The first-order valence-corrected chi connectivity index (χ1v) is 49.0. The van der Waals surface area contributed by atoms with Crippen LogP contribution < -0.4 is 0 Å². The van der Waals surface area contributed by atoms with E-state index in [9.17, 15) is 0 Å². The van der Waals surface area contributed by atoms with Gasteiger partial charge in [0.15, 0.2) is 11.6 Å². The first-order chi connectivity index (χ1) is 71.9. The van der Waals surface area contributed by atoms with E-state index in [-0.39, 0.29) is 0 Å². The van der Waals surface area contributed by atoms with Crippen molar-refractivity contribution in [1.82, 2.24) is 54.8 Å². The van der Waals surface area contributed by atoms with E-state index in [1.807, 2.05) is 94.7 Å². The van der Waals surface area contributed by atoms with Crippen LogP contribution in [0.1, 0.15) is 22.8 Å². The van der Waals surface area contributed by atoms with E-state index in [0.717, 1.165) is 219 Å². The lowest BCUT2D eigenvalue weighted by Gasteiger charge is -2.15. The van der Waals surface area contributed by atoms with E-state index in [0.29, 0.717) is 5.82 Å². The molecular weight excluding hydrogens is 1780 g/mol. The average Bonchev–Trinajstić information content (AvgIpc) is 0.799. The van der Waals surface area contributed by atoms with Crippen molar-refractivity contribution in [2.45, 2.75) is 27.7 Å². The van der Waals surface area contributed by atoms with Gasteiger partial charge in [-0.15, -0.1) is 0 Å². The third kappa shape index (κ3) is 21.3. The molecule has 0 saturated carbocycles. The Morgan fingerprint density at radius 3 is 0.740 bits per heavy atom. The van der Waals surface area contributed by atoms with E-state index in [1.54, 1.807) is 24.9 Å². The van der Waals surface area contributed by atoms with Crippen LogP contribution in [0.2, 0.25) is 0 Å². The van der Waals surface area contributed by atoms with Crippen molar-refractivity contribution >= 4 is 10.8 Å². The second-order valence-electron chi connectivity index (χ2n) is 36.4. The molecule has 0 fully saturated rings. The number of hydrogen-bond acceptors (Lipinski definition) is 11. The number of hydrogen-bond donors (Lipinski definition) is 0. The molecule has 11 nitrogen and oxygen atoms in total. The molecule has 692 valence electrons. The maximum Gasteiger partial charge on any atom is 0.159 e. The van der Waals surface area contributed by atoms with E-state index in [2.05, 4.69) is 455 Å². The summed E-state index contributed by atoms with van der Waals surface area (Å²) in [6, 6.07) is 169. The molecule has 8 heterocycles. The summed E-state index contributed by atoms with van der Waals surface area (Å²) in [5, 5.41) is 2.46. The topological polar surface area (TPSA) is 142 Å². The Labute approximate surface area is 850 Å². The lowest BCUT2D eigenvalue weighted by molar-refractivity contribution is 1.06. The molecule has 0 bridgehead atoms. The van der Waals surface area contributed by atoms with Gasteiger partial charge >= 0.3 is 0 Å². The van der Waals surface area contributed by atoms with Crippen LogP contribution in [0.15, 0.2) is 517 Å². The van der Waals surface area contributed by atoms with Crippen LogP contribution in [0.25, 0.3) is 235 Å². The quantitative estimate of drug-likeness (QED) is 0.0720. The number of nitrogens with zero attached hydrogens (tertiary/aromatic N) is 11. The van der Waals surface area contributed by atoms with Gasteiger partial charge in [0.05, 0.1) is 39.9 Å². The third-order valence-electron chi connectivity index (χ3n) is 26.3. The molecule has 0 radical (unpaired) electrons. The van der Waals surface area contributed by atoms with Crippen LogP contribution in [0.5, 0.6) is 0 Å². The normalized spacial score (nSPS) is 11.0. The largest absolute Gasteiger partial charge is 0.262 e. The Morgan fingerprint density at radius 2 is 0.411 bits per heavy atom. The minimum Gasteiger partial charge on any atom is -0.262 e. The van der Waals surface area contributed by atoms with Crippen LogP contribution in [-0.4, -0.2) is 54.8 Å². The number of fused-ring (bicyclic) bond motifs is 1. The van der Waals surface area contributed by atoms with E-state index in [4.69, 9.17) is 24.9 Å². The summed E-state index contributed by atoms with van der Waals surface area (Å²) in [7, 11) is 0. The number of aromatic nitrogens is 11. The molecule has 0 N–H and O–H groups in total. The van der Waals surface area contributed by atoms with Crippen LogP contribution in [0, 0.1) is 27.7 Å². The summed E-state index contributed by atoms with van der Waals surface area (Å²) in [4.78, 5) is 50.9. The summed E-state index contributed by atoms with van der Waals surface area (Å²) in [6.07, 6.45) is 10.6. The zero-order valence-electron chi connectivity index (χ0n) is 81.0. The second-order valence-corrected chi connectivity index (χ2v) is 36.4. The highest BCUT2D eigenvalue weighted by atomic mass is 14.9. The van der Waals surface area contributed by atoms with E-state index in [1.165, 1.54) is 33.0 Å². The van der Waals surface area contributed by atoms with Crippen LogP contribution in [0.4, 0.5) is 0 Å². The van der Waals surface area contributed by atoms with Crippen LogP contribution in [-0.2, 0) is 0 Å². The molecule has 146 heavy (non-hydrogen) atoms. The molecule has 0 saturated heterocycles. The highest BCUT2D eigenvalue weighted by Crippen LogP contribution is 2.44. The van der Waals surface area contributed by atoms with E-state index < -0.39 is 0 Å². The summed E-state index contributed by atoms with van der Waals surface area (Å²) in [5.41, 5.74) is 45.1. The molecule has 0 spiro atoms. The highest BCUT2D eigenvalue weighted by Gasteiger charge is 2.21. The average molecular weight is 1870 g/mol. The molecule has 0 aliphatic heterocycles. The minimum absolute atomic E-state index is 0.714. The SMILES string of the molecule is Cc1cc(-c2ccc(-c3cc(-c4ccc(-c5ccncn5)cc4)cc(-c4cc(-c5ccccc5)nc(-c5ccccc5)c4)c3)cc2)ccn1.Cc1cc(-c2ccc(-c3cc(-c4ccc(-c5ncccn5)cc4)cc(-c4cc(-c5ccccc5)nc(-c5ccccc5)c4)c3)cc2)ccn1.Cc1cc(C)nc(-c2ccc(-c3cc(-c4cc(-c5ccccc5)nc(-c5ccccc5)c4)cc(-c4cccc5ccccc45)c3)cc2)n1. The molecule has 24 rings (SSSR count). The predicted molar refractivity (Wildman–Crippen MR) is 600 cm³/mol. The lowest BCUT2D eigenvalue weighted by atomic mass is 9.90. The van der Waals surface area contributed by atoms with Crippen LogP contribution >= 0.6 is 0 Å². The second kappa shape index (κ2) is 42.4. The minimum atomic E-state index is 0.714. The molecule has 16 aromatic carbocycles. The molecule has 0 amide bonds. The Balaban J connectivity index is 0.000000125. The molecule has 0 aliphatic rings. The molecule has 0 unspecified atom stereocenters. The van der Waals surface area contributed by atoms with Gasteiger partial charge in [-0.25, -0.2) is 44.9 Å². The zero-order valence-corrected chi connectivity index (χ0v) is 81.0. The maximum atomic E-state index is 5.14. The lowest BCUT2D eigenvalue weighted by Crippen LogP contribution is -1.94. The Morgan fingerprint density at radius 1 is 0.137 bits per heavy atom. The third-order valence-corrected chi connectivity index (χ3v) is 26.3. The smallest absolute Gasteiger partial charge is 0.159 e. The fraction of sp³-hybridized carbons (Fsp3) is 0.0296. The Bertz CT molecular complexity index is 8190. The van der Waals surface area contributed by atoms with Crippen molar-refractivity contribution in [1.29, 1.82) is 0 Å². The van der Waals surface area contributed by atoms with Crippen molar-refractivity contribution < 1.29 is 0 Å². The first kappa shape index (κ1) is 91.8. The van der Waals surface area contributed by atoms with Gasteiger partial charge in [0.2, 0.25) is 0 Å². The van der Waals surface area contributed by atoms with E-state index >= 15 is 0 Å². The molecule has 0 atom stereocenters. The van der Waals surface area contributed by atoms with Gasteiger partial charge in [-0.1, -0.05) is 346 Å². The number of pyridine rings is 5. The maximum absolute atomic E-state index is 5.14. The van der Waals surface area contributed by atoms with Crippen molar-refractivity contribution in [3.63, 3.8) is 0 Å². The predicted octanol–water partition coefficient (Wildman–Crippen LogP) is 34.1. The standard InChI is InChI=1S/2C45H32N4.C45H33N3/c1-31-25-38(21-24-46-31)32-13-15-33(16-14-32)39-26-40(34-17-19-37(20-18-34)45-47-22-8-23-48-45)28-41(27-39)42-29-43(35-9-4-2-5-10-35)49-44(30-42)36-11-6-3-7-12-36;1-31-24-38(20-23-47-31)32-12-14-33(15-13-32)39-25-40(34-16-18-37(19-17-34)43-21-22-46-30-48-43)27-41(26-39)42-28-44(35-8-4-2-5-9-35)49-45(29-42)36-10-6-3-7-11-36;1-30-24-31(2)47-45(46-30)36-22-20-32(21-23-36)37-25-38(27-40(26-37)42-19-11-17-33-12-9-10-18-41(33)42)39-28-43(34-13-5-3-6-14-34)48-44(29-39)35-15-7-4-8-16-35/h2*2-30H,1H3;3-29H,1-2H3. The summed E-state index contributed by atoms with van der Waals surface area (Å²) < 4.78 is 0. The molecule has 24 aromatic rings. The van der Waals surface area contributed by atoms with Gasteiger partial charge in [0.1, 0.15) is 6.33 Å². The number of rotatable bonds is 20. The summed E-state index contributed by atoms with van der Waals surface area (Å²) in [6.45, 7) is 8.07. The molecule has 11 heteroatoms. The molecular formula is C135H97N11. The number of benzene rings is 16. The number of aryl methyl sites for hydroxylation is 4. The molecule has 0 aliphatic carbocycles. The first-order valence-electron chi connectivity index (χ1n) is 49.0. The molecule has 8 aromatic heterocycles. The zero-order chi connectivity index (χ0) is 98.4. The van der Waals surface area contributed by atoms with Gasteiger partial charge in [-0.05, 0) is 294 Å². The van der Waals surface area contributed by atoms with Crippen LogP contribution in [0.3, 0.4) is 0 Å². The summed E-state index contributed by atoms with van der Waals surface area (Å²) >= 11 is 0. The Kier molecular flexibility index (Phi) is 26.7. The Hall–Kier alpha value is -19.2. The van der Waals surface area contributed by atoms with Crippen molar-refractivity contribution in [3.05, 3.63) is 539 Å². The van der Waals surface area contributed by atoms with Gasteiger partial charge in [-0.2, -0.15) is 0 Å². The summed E-state index contributed by atoms with van der Waals surface area (Å²) in [5.74, 6) is 1.47. The van der Waals surface area contributed by atoms with Gasteiger partial charge < -0.3 is 0 Å². The fourth-order valence-corrected chi connectivity index (χ4v) is 18.9. The van der Waals surface area contributed by atoms with Crippen molar-refractivity contribution in [3.8, 4) is 224 Å². The van der Waals surface area contributed by atoms with Crippen molar-refractivity contribution in [2.24, 2.45) is 0 Å². The fourth-order valence-electron chi connectivity index (χ4n) is 18.9. The highest BCUT2D eigenvalue weighted by molar-refractivity contribution is 5.99. The van der Waals surface area contributed by atoms with Gasteiger partial charge in [-0.3, -0.25) is 9.97 Å². The van der Waals surface area contributed by atoms with Crippen molar-refractivity contribution in [2.75, 3.05) is 0 Å². The van der Waals surface area contributed by atoms with Gasteiger partial charge in [0, 0.05) is 104 Å².